The van der Waals surface area contributed by atoms with Crippen LogP contribution >= 0.6 is 12.2 Å². The molecule has 3 N–H and O–H groups in total. The minimum atomic E-state index is -0.274. The van der Waals surface area contributed by atoms with E-state index in [1.165, 1.54) is 0 Å². The van der Waals surface area contributed by atoms with Crippen LogP contribution in [0, 0.1) is 4.77 Å². The fraction of sp³-hybridized carbons (Fsp3) is 0.167. The maximum Gasteiger partial charge on any atom is 0.259 e. The largest absolute Gasteiger partial charge is 0.494 e. The van der Waals surface area contributed by atoms with E-state index in [1.807, 2.05) is 30.3 Å². The Morgan fingerprint density at radius 2 is 1.92 bits per heavy atom. The lowest BCUT2D eigenvalue weighted by atomic mass is 10.1. The molecule has 25 heavy (non-hydrogen) atoms. The molecule has 0 radical (unpaired) electrons. The van der Waals surface area contributed by atoms with Crippen LogP contribution in [0.25, 0.3) is 10.9 Å². The molecule has 2 aromatic carbocycles. The first kappa shape index (κ1) is 16.9. The van der Waals surface area contributed by atoms with Crippen LogP contribution in [0.1, 0.15) is 16.8 Å². The van der Waals surface area contributed by atoms with E-state index in [0.29, 0.717) is 36.0 Å². The van der Waals surface area contributed by atoms with Crippen molar-refractivity contribution in [2.45, 2.75) is 6.42 Å². The Balaban J connectivity index is 1.55. The van der Waals surface area contributed by atoms with Crippen LogP contribution in [0.15, 0.2) is 53.3 Å². The predicted molar refractivity (Wildman–Crippen MR) is 98.6 cm³/mol. The van der Waals surface area contributed by atoms with Crippen molar-refractivity contribution in [1.82, 2.24) is 15.3 Å². The first-order valence-corrected chi connectivity index (χ1v) is 8.27. The summed E-state index contributed by atoms with van der Waals surface area (Å²) in [4.78, 5) is 29.4. The summed E-state index contributed by atoms with van der Waals surface area (Å²) >= 11 is 4.95. The Kier molecular flexibility index (Phi) is 5.25. The number of hydrogen-bond acceptors (Lipinski definition) is 4. The van der Waals surface area contributed by atoms with Gasteiger partial charge >= 0.3 is 0 Å². The number of H-pyrrole nitrogens is 2. The molecule has 1 amide bonds. The molecule has 7 heteroatoms. The maximum absolute atomic E-state index is 12.2. The van der Waals surface area contributed by atoms with Gasteiger partial charge in [0.25, 0.3) is 11.5 Å². The summed E-state index contributed by atoms with van der Waals surface area (Å²) in [5.41, 5.74) is 0.727. The number of nitrogens with one attached hydrogen (secondary N) is 3. The van der Waals surface area contributed by atoms with Gasteiger partial charge in [-0.3, -0.25) is 14.6 Å². The minimum absolute atomic E-state index is 0.207. The van der Waals surface area contributed by atoms with E-state index in [1.54, 1.807) is 18.2 Å². The second-order valence-electron chi connectivity index (χ2n) is 5.44. The van der Waals surface area contributed by atoms with E-state index in [2.05, 4.69) is 15.3 Å². The molecule has 6 nitrogen and oxygen atoms in total. The molecule has 0 bridgehead atoms. The predicted octanol–water partition coefficient (Wildman–Crippen LogP) is 2.78. The molecule has 3 rings (SSSR count). The van der Waals surface area contributed by atoms with Crippen molar-refractivity contribution in [3.8, 4) is 5.75 Å². The molecule has 0 unspecified atom stereocenters. The zero-order valence-electron chi connectivity index (χ0n) is 13.4. The third-order valence-corrected chi connectivity index (χ3v) is 3.82. The summed E-state index contributed by atoms with van der Waals surface area (Å²) in [7, 11) is 0. The number of amides is 1. The molecule has 0 atom stereocenters. The highest BCUT2D eigenvalue weighted by molar-refractivity contribution is 7.71. The summed E-state index contributed by atoms with van der Waals surface area (Å²) in [6.45, 7) is 1.01. The molecule has 1 aromatic heterocycles. The lowest BCUT2D eigenvalue weighted by Crippen LogP contribution is -2.25. The fourth-order valence-electron chi connectivity index (χ4n) is 2.39. The van der Waals surface area contributed by atoms with Gasteiger partial charge in [-0.2, -0.15) is 0 Å². The Morgan fingerprint density at radius 3 is 2.72 bits per heavy atom. The third kappa shape index (κ3) is 4.33. The minimum Gasteiger partial charge on any atom is -0.494 e. The molecular formula is C18H17N3O3S. The van der Waals surface area contributed by atoms with E-state index in [4.69, 9.17) is 17.0 Å². The topological polar surface area (TPSA) is 87.0 Å². The van der Waals surface area contributed by atoms with Gasteiger partial charge in [0.2, 0.25) is 0 Å². The number of fused-ring (bicyclic) bond motifs is 1. The van der Waals surface area contributed by atoms with Crippen LogP contribution in [0.4, 0.5) is 0 Å². The van der Waals surface area contributed by atoms with Gasteiger partial charge < -0.3 is 15.0 Å². The summed E-state index contributed by atoms with van der Waals surface area (Å²) in [6, 6.07) is 14.4. The van der Waals surface area contributed by atoms with Gasteiger partial charge in [-0.05, 0) is 49.0 Å². The monoisotopic (exact) mass is 355 g/mol. The standard InChI is InChI=1S/C18H17N3O3S/c22-16(19-9-4-10-24-13-5-2-1-3-6-13)12-7-8-14-15(11-12)20-18(25)21-17(14)23/h1-3,5-8,11H,4,9-10H2,(H,19,22)(H2,20,21,23,25). The second-order valence-corrected chi connectivity index (χ2v) is 5.85. The van der Waals surface area contributed by atoms with E-state index >= 15 is 0 Å². The van der Waals surface area contributed by atoms with Crippen molar-refractivity contribution in [3.63, 3.8) is 0 Å². The van der Waals surface area contributed by atoms with Gasteiger partial charge in [-0.25, -0.2) is 0 Å². The average Bonchev–Trinajstić information content (AvgIpc) is 2.61. The van der Waals surface area contributed by atoms with Gasteiger partial charge in [0, 0.05) is 12.1 Å². The molecule has 0 saturated carbocycles. The normalized spacial score (nSPS) is 10.6. The van der Waals surface area contributed by atoms with Crippen LogP contribution in [-0.4, -0.2) is 29.0 Å². The Labute approximate surface area is 148 Å². The van der Waals surface area contributed by atoms with E-state index in [0.717, 1.165) is 5.75 Å². The summed E-state index contributed by atoms with van der Waals surface area (Å²) in [5, 5.41) is 3.29. The Morgan fingerprint density at radius 1 is 1.12 bits per heavy atom. The fourth-order valence-corrected chi connectivity index (χ4v) is 2.60. The van der Waals surface area contributed by atoms with Gasteiger partial charge in [0.1, 0.15) is 5.75 Å². The second kappa shape index (κ2) is 7.76. The Hall–Kier alpha value is -2.93. The molecule has 0 aliphatic carbocycles. The van der Waals surface area contributed by atoms with Gasteiger partial charge in [-0.15, -0.1) is 0 Å². The van der Waals surface area contributed by atoms with Gasteiger partial charge in [0.15, 0.2) is 4.77 Å². The third-order valence-electron chi connectivity index (χ3n) is 3.62. The van der Waals surface area contributed by atoms with Crippen molar-refractivity contribution in [2.24, 2.45) is 0 Å². The molecule has 0 aliphatic heterocycles. The van der Waals surface area contributed by atoms with Crippen LogP contribution in [0.3, 0.4) is 0 Å². The molecule has 3 aromatic rings. The van der Waals surface area contributed by atoms with Crippen molar-refractivity contribution in [3.05, 3.63) is 69.2 Å². The van der Waals surface area contributed by atoms with Crippen molar-refractivity contribution < 1.29 is 9.53 Å². The SMILES string of the molecule is O=C(NCCCOc1ccccc1)c1ccc2c(=O)[nH]c(=S)[nH]c2c1. The highest BCUT2D eigenvalue weighted by atomic mass is 32.1. The van der Waals surface area contributed by atoms with Crippen LogP contribution in [0.2, 0.25) is 0 Å². The summed E-state index contributed by atoms with van der Waals surface area (Å²) in [6.07, 6.45) is 0.691. The number of ether oxygens (including phenoxy) is 1. The lowest BCUT2D eigenvalue weighted by molar-refractivity contribution is 0.0951. The average molecular weight is 355 g/mol. The summed E-state index contributed by atoms with van der Waals surface area (Å²) in [5.74, 6) is 0.602. The molecule has 128 valence electrons. The van der Waals surface area contributed by atoms with Gasteiger partial charge in [0.05, 0.1) is 17.5 Å². The van der Waals surface area contributed by atoms with E-state index in [9.17, 15) is 9.59 Å². The molecular weight excluding hydrogens is 338 g/mol. The van der Waals surface area contributed by atoms with Crippen LogP contribution in [0.5, 0.6) is 5.75 Å². The highest BCUT2D eigenvalue weighted by Gasteiger charge is 2.07. The number of benzene rings is 2. The van der Waals surface area contributed by atoms with Crippen molar-refractivity contribution in [1.29, 1.82) is 0 Å². The number of aromatic amines is 2. The van der Waals surface area contributed by atoms with Crippen molar-refractivity contribution in [2.75, 3.05) is 13.2 Å². The number of para-hydroxylation sites is 1. The van der Waals surface area contributed by atoms with Crippen LogP contribution < -0.4 is 15.6 Å². The summed E-state index contributed by atoms with van der Waals surface area (Å²) < 4.78 is 5.80. The first-order valence-electron chi connectivity index (χ1n) is 7.86. The number of carbonyl (C=O) groups is 1. The van der Waals surface area contributed by atoms with Gasteiger partial charge in [-0.1, -0.05) is 18.2 Å². The zero-order chi connectivity index (χ0) is 17.6. The highest BCUT2D eigenvalue weighted by Crippen LogP contribution is 2.10. The number of rotatable bonds is 6. The molecule has 0 fully saturated rings. The van der Waals surface area contributed by atoms with E-state index < -0.39 is 0 Å². The number of aromatic nitrogens is 2. The number of hydrogen-bond donors (Lipinski definition) is 3. The van der Waals surface area contributed by atoms with E-state index in [-0.39, 0.29) is 16.2 Å². The molecule has 0 aliphatic rings. The number of carbonyl (C=O) groups excluding carboxylic acids is 1. The molecule has 1 heterocycles. The molecule has 0 saturated heterocycles. The maximum atomic E-state index is 12.2. The quantitative estimate of drug-likeness (QED) is 0.469. The van der Waals surface area contributed by atoms with Crippen molar-refractivity contribution >= 4 is 29.0 Å². The molecule has 0 spiro atoms. The van der Waals surface area contributed by atoms with Crippen LogP contribution in [-0.2, 0) is 0 Å². The Bertz CT molecular complexity index is 996. The first-order chi connectivity index (χ1) is 12.1. The zero-order valence-corrected chi connectivity index (χ0v) is 14.2. The lowest BCUT2D eigenvalue weighted by Gasteiger charge is -2.08. The smallest absolute Gasteiger partial charge is 0.259 e.